The van der Waals surface area contributed by atoms with Gasteiger partial charge in [-0.15, -0.1) is 0 Å². The minimum absolute atomic E-state index is 0.222. The number of aromatic nitrogens is 1. The molecule has 0 amide bonds. The van der Waals surface area contributed by atoms with E-state index < -0.39 is 0 Å². The lowest BCUT2D eigenvalue weighted by Gasteiger charge is -2.13. The van der Waals surface area contributed by atoms with Crippen LogP contribution in [-0.4, -0.2) is 10.7 Å². The third kappa shape index (κ3) is 3.91. The van der Waals surface area contributed by atoms with Gasteiger partial charge < -0.3 is 10.2 Å². The molecular weight excluding hydrogens is 270 g/mol. The predicted molar refractivity (Wildman–Crippen MR) is 82.4 cm³/mol. The fourth-order valence-electron chi connectivity index (χ4n) is 1.87. The molecule has 1 heterocycles. The van der Waals surface area contributed by atoms with E-state index in [1.807, 2.05) is 32.0 Å². The van der Waals surface area contributed by atoms with Crippen LogP contribution >= 0.6 is 11.8 Å². The number of unbranched alkanes of at least 4 members (excludes halogenated alkanes) is 1. The maximum atomic E-state index is 8.94. The third-order valence-electron chi connectivity index (χ3n) is 3.12. The molecule has 5 heteroatoms. The molecule has 4 nitrogen and oxygen atoms in total. The first-order chi connectivity index (χ1) is 9.50. The number of fused-ring (bicyclic) bond motifs is 1. The normalized spacial score (nSPS) is 11.7. The van der Waals surface area contributed by atoms with Gasteiger partial charge in [0.25, 0.3) is 5.22 Å². The molecule has 0 aliphatic rings. The van der Waals surface area contributed by atoms with E-state index in [1.54, 1.807) is 11.8 Å². The molecule has 0 aliphatic heterocycles. The van der Waals surface area contributed by atoms with E-state index in [0.29, 0.717) is 10.9 Å². The topological polar surface area (TPSA) is 75.8 Å². The molecule has 20 heavy (non-hydrogen) atoms. The van der Waals surface area contributed by atoms with Gasteiger partial charge in [-0.2, -0.15) is 5.26 Å². The minimum atomic E-state index is -0.222. The van der Waals surface area contributed by atoms with Crippen molar-refractivity contribution in [1.82, 2.24) is 4.98 Å². The molecule has 2 N–H and O–H groups in total. The molecule has 0 spiro atoms. The molecule has 1 aromatic carbocycles. The Morgan fingerprint density at radius 3 is 2.95 bits per heavy atom. The highest BCUT2D eigenvalue weighted by molar-refractivity contribution is 7.99. The van der Waals surface area contributed by atoms with Crippen LogP contribution in [-0.2, 0) is 0 Å². The van der Waals surface area contributed by atoms with Crippen molar-refractivity contribution < 1.29 is 4.42 Å². The number of nitriles is 1. The lowest BCUT2D eigenvalue weighted by Crippen LogP contribution is -2.07. The lowest BCUT2D eigenvalue weighted by atomic mass is 9.89. The van der Waals surface area contributed by atoms with Crippen molar-refractivity contribution >= 4 is 28.5 Å². The highest BCUT2D eigenvalue weighted by atomic mass is 32.2. The maximum absolute atomic E-state index is 8.94. The van der Waals surface area contributed by atoms with Crippen molar-refractivity contribution in [2.24, 2.45) is 5.41 Å². The Bertz CT molecular complexity index is 628. The summed E-state index contributed by atoms with van der Waals surface area (Å²) >= 11 is 1.61. The summed E-state index contributed by atoms with van der Waals surface area (Å²) in [6.07, 6.45) is 3.02. The van der Waals surface area contributed by atoms with Gasteiger partial charge in [0.15, 0.2) is 5.58 Å². The number of anilines is 1. The number of hydrogen-bond acceptors (Lipinski definition) is 5. The largest absolute Gasteiger partial charge is 0.431 e. The molecule has 0 aliphatic carbocycles. The van der Waals surface area contributed by atoms with Gasteiger partial charge in [-0.1, -0.05) is 18.2 Å². The molecule has 0 unspecified atom stereocenters. The van der Waals surface area contributed by atoms with Gasteiger partial charge >= 0.3 is 0 Å². The van der Waals surface area contributed by atoms with Gasteiger partial charge in [-0.05, 0) is 44.9 Å². The monoisotopic (exact) mass is 289 g/mol. The molecular formula is C15H19N3OS. The first kappa shape index (κ1) is 14.7. The molecule has 0 atom stereocenters. The summed E-state index contributed by atoms with van der Waals surface area (Å²) in [5.41, 5.74) is 7.76. The van der Waals surface area contributed by atoms with Crippen molar-refractivity contribution in [3.05, 3.63) is 18.2 Å². The predicted octanol–water partition coefficient (Wildman–Crippen LogP) is 4.22. The Labute approximate surface area is 123 Å². The molecule has 0 fully saturated rings. The average Bonchev–Trinajstić information content (AvgIpc) is 2.80. The molecule has 0 bridgehead atoms. The molecule has 106 valence electrons. The highest BCUT2D eigenvalue weighted by Crippen LogP contribution is 2.27. The summed E-state index contributed by atoms with van der Waals surface area (Å²) < 4.78 is 5.64. The van der Waals surface area contributed by atoms with Crippen LogP contribution < -0.4 is 5.73 Å². The lowest BCUT2D eigenvalue weighted by molar-refractivity contribution is 0.432. The maximum Gasteiger partial charge on any atom is 0.256 e. The van der Waals surface area contributed by atoms with Crippen molar-refractivity contribution in [1.29, 1.82) is 5.26 Å². The molecule has 1 aromatic heterocycles. The second kappa shape index (κ2) is 6.19. The molecule has 0 saturated carbocycles. The number of hydrogen-bond donors (Lipinski definition) is 1. The zero-order valence-electron chi connectivity index (χ0n) is 11.8. The molecule has 0 radical (unpaired) electrons. The van der Waals surface area contributed by atoms with E-state index in [0.717, 1.165) is 36.1 Å². The number of nitrogens with zero attached hydrogens (tertiary/aromatic N) is 2. The Kier molecular flexibility index (Phi) is 4.56. The van der Waals surface area contributed by atoms with Gasteiger partial charge in [0.05, 0.1) is 11.5 Å². The fourth-order valence-corrected chi connectivity index (χ4v) is 2.70. The number of nitrogens with two attached hydrogens (primary N) is 1. The summed E-state index contributed by atoms with van der Waals surface area (Å²) in [4.78, 5) is 4.40. The van der Waals surface area contributed by atoms with E-state index >= 15 is 0 Å². The summed E-state index contributed by atoms with van der Waals surface area (Å²) in [6.45, 7) is 3.96. The van der Waals surface area contributed by atoms with Crippen LogP contribution in [0.1, 0.15) is 33.1 Å². The zero-order valence-corrected chi connectivity index (χ0v) is 12.7. The smallest absolute Gasteiger partial charge is 0.256 e. The number of thioether (sulfide) groups is 1. The van der Waals surface area contributed by atoms with E-state index in [9.17, 15) is 0 Å². The van der Waals surface area contributed by atoms with Gasteiger partial charge in [0.1, 0.15) is 5.52 Å². The second-order valence-electron chi connectivity index (χ2n) is 5.51. The number of benzene rings is 1. The average molecular weight is 289 g/mol. The van der Waals surface area contributed by atoms with Crippen LogP contribution in [0, 0.1) is 16.7 Å². The SMILES string of the molecule is CC(C)(C#N)CCCCSc1nc2cc(N)ccc2o1. The van der Waals surface area contributed by atoms with Crippen molar-refractivity contribution in [2.75, 3.05) is 11.5 Å². The zero-order chi connectivity index (χ0) is 14.6. The minimum Gasteiger partial charge on any atom is -0.431 e. The van der Waals surface area contributed by atoms with Crippen LogP contribution in [0.5, 0.6) is 0 Å². The first-order valence-corrected chi connectivity index (χ1v) is 7.69. The van der Waals surface area contributed by atoms with Crippen molar-refractivity contribution in [3.8, 4) is 6.07 Å². The van der Waals surface area contributed by atoms with Crippen LogP contribution in [0.3, 0.4) is 0 Å². The van der Waals surface area contributed by atoms with Crippen LogP contribution in [0.2, 0.25) is 0 Å². The van der Waals surface area contributed by atoms with E-state index in [1.165, 1.54) is 0 Å². The van der Waals surface area contributed by atoms with Crippen molar-refractivity contribution in [2.45, 2.75) is 38.3 Å². The van der Waals surface area contributed by atoms with Gasteiger partial charge in [-0.25, -0.2) is 4.98 Å². The van der Waals surface area contributed by atoms with E-state index in [-0.39, 0.29) is 5.41 Å². The quantitative estimate of drug-likeness (QED) is 0.489. The number of rotatable bonds is 6. The van der Waals surface area contributed by atoms with Crippen LogP contribution in [0.25, 0.3) is 11.1 Å². The summed E-state index contributed by atoms with van der Waals surface area (Å²) in [6, 6.07) is 7.80. The molecule has 0 saturated heterocycles. The second-order valence-corrected chi connectivity index (χ2v) is 6.55. The number of nitrogen functional groups attached to an aromatic ring is 1. The molecule has 2 aromatic rings. The van der Waals surface area contributed by atoms with E-state index in [4.69, 9.17) is 15.4 Å². The summed E-state index contributed by atoms with van der Waals surface area (Å²) in [7, 11) is 0. The Morgan fingerprint density at radius 2 is 2.20 bits per heavy atom. The Balaban J connectivity index is 1.80. The first-order valence-electron chi connectivity index (χ1n) is 6.70. The summed E-state index contributed by atoms with van der Waals surface area (Å²) in [5.74, 6) is 0.948. The summed E-state index contributed by atoms with van der Waals surface area (Å²) in [5, 5.41) is 9.63. The van der Waals surface area contributed by atoms with Gasteiger partial charge in [-0.3, -0.25) is 0 Å². The van der Waals surface area contributed by atoms with Gasteiger partial charge in [0, 0.05) is 11.4 Å². The van der Waals surface area contributed by atoms with E-state index in [2.05, 4.69) is 11.1 Å². The van der Waals surface area contributed by atoms with Gasteiger partial charge in [0.2, 0.25) is 0 Å². The van der Waals surface area contributed by atoms with Crippen molar-refractivity contribution in [3.63, 3.8) is 0 Å². The Hall–Kier alpha value is -1.67. The standard InChI is InChI=1S/C15H19N3OS/c1-15(2,10-16)7-3-4-8-20-14-18-12-9-11(17)5-6-13(12)19-14/h5-6,9H,3-4,7-8,17H2,1-2H3. The fraction of sp³-hybridized carbons (Fsp3) is 0.467. The number of oxazole rings is 1. The van der Waals surface area contributed by atoms with Crippen LogP contribution in [0.15, 0.2) is 27.8 Å². The third-order valence-corrected chi connectivity index (χ3v) is 4.03. The van der Waals surface area contributed by atoms with Crippen LogP contribution in [0.4, 0.5) is 5.69 Å². The Morgan fingerprint density at radius 1 is 1.40 bits per heavy atom. The molecule has 2 rings (SSSR count). The highest BCUT2D eigenvalue weighted by Gasteiger charge is 2.15.